The van der Waals surface area contributed by atoms with Crippen LogP contribution in [0.5, 0.6) is 0 Å². The van der Waals surface area contributed by atoms with Crippen LogP contribution in [-0.2, 0) is 14.8 Å². The van der Waals surface area contributed by atoms with E-state index in [1.807, 2.05) is 0 Å². The molecule has 0 amide bonds. The molecule has 1 aromatic rings. The van der Waals surface area contributed by atoms with Gasteiger partial charge < -0.3 is 4.74 Å². The van der Waals surface area contributed by atoms with Gasteiger partial charge in [0.1, 0.15) is 0 Å². The van der Waals surface area contributed by atoms with Crippen LogP contribution in [0.1, 0.15) is 19.3 Å². The Morgan fingerprint density at radius 3 is 2.79 bits per heavy atom. The number of benzene rings is 1. The summed E-state index contributed by atoms with van der Waals surface area (Å²) in [6.07, 6.45) is 2.60. The Morgan fingerprint density at radius 1 is 1.42 bits per heavy atom. The molecule has 0 bridgehead atoms. The van der Waals surface area contributed by atoms with Crippen molar-refractivity contribution >= 4 is 37.6 Å². The molecule has 2 rings (SSSR count). The van der Waals surface area contributed by atoms with Crippen molar-refractivity contribution in [2.24, 2.45) is 0 Å². The van der Waals surface area contributed by atoms with E-state index < -0.39 is 10.0 Å². The molecule has 0 saturated heterocycles. The number of hydrogen-bond donors (Lipinski definition) is 1. The van der Waals surface area contributed by atoms with Crippen LogP contribution in [0, 0.1) is 0 Å². The van der Waals surface area contributed by atoms with Crippen molar-refractivity contribution in [3.63, 3.8) is 0 Å². The molecule has 0 radical (unpaired) electrons. The zero-order chi connectivity index (χ0) is 14.0. The molecular formula is C12H15BrClNO3S. The molecule has 0 heterocycles. The molecule has 1 aliphatic rings. The largest absolute Gasteiger partial charge is 0.380 e. The Labute approximate surface area is 126 Å². The predicted molar refractivity (Wildman–Crippen MR) is 77.9 cm³/mol. The molecule has 0 spiro atoms. The molecule has 106 valence electrons. The Morgan fingerprint density at radius 2 is 2.16 bits per heavy atom. The molecule has 1 aliphatic carbocycles. The molecule has 2 atom stereocenters. The summed E-state index contributed by atoms with van der Waals surface area (Å²) in [4.78, 5) is 0.200. The molecule has 2 unspecified atom stereocenters. The minimum absolute atomic E-state index is 0.0504. The molecule has 0 aliphatic heterocycles. The van der Waals surface area contributed by atoms with Crippen LogP contribution < -0.4 is 4.72 Å². The number of ether oxygens (including phenoxy) is 1. The summed E-state index contributed by atoms with van der Waals surface area (Å²) in [6.45, 7) is 0. The Kier molecular flexibility index (Phi) is 4.89. The van der Waals surface area contributed by atoms with Crippen LogP contribution in [0.15, 0.2) is 27.6 Å². The van der Waals surface area contributed by atoms with Gasteiger partial charge in [0.25, 0.3) is 0 Å². The number of halogens is 2. The first-order valence-corrected chi connectivity index (χ1v) is 8.59. The van der Waals surface area contributed by atoms with Gasteiger partial charge in [-0.25, -0.2) is 13.1 Å². The lowest BCUT2D eigenvalue weighted by Crippen LogP contribution is -2.40. The summed E-state index contributed by atoms with van der Waals surface area (Å²) >= 11 is 9.09. The fourth-order valence-corrected chi connectivity index (χ4v) is 4.23. The highest BCUT2D eigenvalue weighted by Gasteiger charge is 2.31. The lowest BCUT2D eigenvalue weighted by atomic mass is 10.2. The third-order valence-corrected chi connectivity index (χ3v) is 5.96. The van der Waals surface area contributed by atoms with Gasteiger partial charge in [-0.1, -0.05) is 11.6 Å². The lowest BCUT2D eigenvalue weighted by Gasteiger charge is -2.19. The van der Waals surface area contributed by atoms with E-state index in [9.17, 15) is 8.42 Å². The maximum atomic E-state index is 12.3. The summed E-state index contributed by atoms with van der Waals surface area (Å²) in [6, 6.07) is 4.39. The first-order chi connectivity index (χ1) is 8.94. The first-order valence-electron chi connectivity index (χ1n) is 5.94. The molecule has 0 aromatic heterocycles. The Bertz CT molecular complexity index is 564. The van der Waals surface area contributed by atoms with Crippen LogP contribution in [-0.4, -0.2) is 27.7 Å². The second-order valence-electron chi connectivity index (χ2n) is 4.51. The second kappa shape index (κ2) is 6.10. The van der Waals surface area contributed by atoms with E-state index in [2.05, 4.69) is 20.7 Å². The van der Waals surface area contributed by atoms with Crippen LogP contribution in [0.4, 0.5) is 0 Å². The highest BCUT2D eigenvalue weighted by Crippen LogP contribution is 2.27. The van der Waals surface area contributed by atoms with Crippen LogP contribution >= 0.6 is 27.5 Å². The van der Waals surface area contributed by atoms with Crippen molar-refractivity contribution in [1.82, 2.24) is 4.72 Å². The topological polar surface area (TPSA) is 55.4 Å². The maximum absolute atomic E-state index is 12.3. The van der Waals surface area contributed by atoms with Gasteiger partial charge in [0, 0.05) is 17.6 Å². The zero-order valence-corrected chi connectivity index (χ0v) is 13.6. The molecule has 1 fully saturated rings. The highest BCUT2D eigenvalue weighted by atomic mass is 79.9. The van der Waals surface area contributed by atoms with Crippen molar-refractivity contribution in [3.8, 4) is 0 Å². The molecule has 1 aromatic carbocycles. The fourth-order valence-electron chi connectivity index (χ4n) is 2.25. The quantitative estimate of drug-likeness (QED) is 0.889. The minimum Gasteiger partial charge on any atom is -0.380 e. The smallest absolute Gasteiger partial charge is 0.240 e. The summed E-state index contributed by atoms with van der Waals surface area (Å²) in [5.74, 6) is 0. The van der Waals surface area contributed by atoms with Gasteiger partial charge in [0.2, 0.25) is 10.0 Å². The van der Waals surface area contributed by atoms with E-state index in [0.717, 1.165) is 19.3 Å². The van der Waals surface area contributed by atoms with Gasteiger partial charge in [-0.05, 0) is 53.4 Å². The summed E-state index contributed by atoms with van der Waals surface area (Å²) in [5, 5.41) is 0.481. The van der Waals surface area contributed by atoms with E-state index in [1.165, 1.54) is 12.1 Å². The zero-order valence-electron chi connectivity index (χ0n) is 10.4. The SMILES string of the molecule is COC1CCCC1NS(=O)(=O)c1ccc(Cl)c(Br)c1. The number of sulfonamides is 1. The van der Waals surface area contributed by atoms with E-state index in [-0.39, 0.29) is 17.0 Å². The molecule has 7 heteroatoms. The molecule has 1 N–H and O–H groups in total. The number of hydrogen-bond acceptors (Lipinski definition) is 3. The van der Waals surface area contributed by atoms with Crippen molar-refractivity contribution in [1.29, 1.82) is 0 Å². The summed E-state index contributed by atoms with van der Waals surface area (Å²) < 4.78 is 33.1. The third-order valence-electron chi connectivity index (χ3n) is 3.26. The van der Waals surface area contributed by atoms with Crippen LogP contribution in [0.25, 0.3) is 0 Å². The summed E-state index contributed by atoms with van der Waals surface area (Å²) in [5.41, 5.74) is 0. The van der Waals surface area contributed by atoms with Crippen molar-refractivity contribution < 1.29 is 13.2 Å². The normalized spacial score (nSPS) is 23.7. The minimum atomic E-state index is -3.54. The molecular weight excluding hydrogens is 354 g/mol. The van der Waals surface area contributed by atoms with Gasteiger partial charge >= 0.3 is 0 Å². The van der Waals surface area contributed by atoms with Gasteiger partial charge in [-0.15, -0.1) is 0 Å². The highest BCUT2D eigenvalue weighted by molar-refractivity contribution is 9.10. The summed E-state index contributed by atoms with van der Waals surface area (Å²) in [7, 11) is -1.94. The number of nitrogens with one attached hydrogen (secondary N) is 1. The van der Waals surface area contributed by atoms with Crippen LogP contribution in [0.2, 0.25) is 5.02 Å². The second-order valence-corrected chi connectivity index (χ2v) is 7.48. The lowest BCUT2D eigenvalue weighted by molar-refractivity contribution is 0.0916. The van der Waals surface area contributed by atoms with Gasteiger partial charge in [0.15, 0.2) is 0 Å². The van der Waals surface area contributed by atoms with Crippen molar-refractivity contribution in [2.75, 3.05) is 7.11 Å². The molecule has 1 saturated carbocycles. The Balaban J connectivity index is 2.20. The first kappa shape index (κ1) is 15.3. The van der Waals surface area contributed by atoms with E-state index in [1.54, 1.807) is 13.2 Å². The Hall–Kier alpha value is -0.140. The van der Waals surface area contributed by atoms with E-state index in [0.29, 0.717) is 9.50 Å². The monoisotopic (exact) mass is 367 g/mol. The van der Waals surface area contributed by atoms with E-state index >= 15 is 0 Å². The maximum Gasteiger partial charge on any atom is 0.240 e. The standard InChI is InChI=1S/C12H15BrClNO3S/c1-18-12-4-2-3-11(12)15-19(16,17)8-5-6-10(14)9(13)7-8/h5-7,11-12,15H,2-4H2,1H3. The van der Waals surface area contributed by atoms with E-state index in [4.69, 9.17) is 16.3 Å². The van der Waals surface area contributed by atoms with Crippen molar-refractivity contribution in [2.45, 2.75) is 36.3 Å². The number of methoxy groups -OCH3 is 1. The number of rotatable bonds is 4. The van der Waals surface area contributed by atoms with Crippen LogP contribution in [0.3, 0.4) is 0 Å². The third kappa shape index (κ3) is 3.49. The average molecular weight is 369 g/mol. The predicted octanol–water partition coefficient (Wildman–Crippen LogP) is 2.95. The van der Waals surface area contributed by atoms with Gasteiger partial charge in [0.05, 0.1) is 16.0 Å². The van der Waals surface area contributed by atoms with Gasteiger partial charge in [-0.3, -0.25) is 0 Å². The average Bonchev–Trinajstić information content (AvgIpc) is 2.79. The molecule has 4 nitrogen and oxygen atoms in total. The fraction of sp³-hybridized carbons (Fsp3) is 0.500. The molecule has 19 heavy (non-hydrogen) atoms. The van der Waals surface area contributed by atoms with Gasteiger partial charge in [-0.2, -0.15) is 0 Å². The van der Waals surface area contributed by atoms with Crippen molar-refractivity contribution in [3.05, 3.63) is 27.7 Å².